The van der Waals surface area contributed by atoms with Crippen molar-refractivity contribution >= 4 is 16.9 Å². The number of nitrogens with one attached hydrogen (secondary N) is 2. The van der Waals surface area contributed by atoms with Gasteiger partial charge in [0.15, 0.2) is 0 Å². The molecule has 1 fully saturated rings. The lowest BCUT2D eigenvalue weighted by Crippen LogP contribution is -2.28. The van der Waals surface area contributed by atoms with Crippen molar-refractivity contribution in [2.45, 2.75) is 31.6 Å². The topological polar surface area (TPSA) is 77.7 Å². The van der Waals surface area contributed by atoms with Gasteiger partial charge in [0.05, 0.1) is 11.0 Å². The van der Waals surface area contributed by atoms with Gasteiger partial charge >= 0.3 is 0 Å². The van der Waals surface area contributed by atoms with Crippen LogP contribution in [0.4, 0.5) is 0 Å². The van der Waals surface area contributed by atoms with Crippen LogP contribution in [0.15, 0.2) is 30.3 Å². The molecule has 6 heteroatoms. The fourth-order valence-electron chi connectivity index (χ4n) is 2.95. The molecule has 2 N–H and O–H groups in total. The third kappa shape index (κ3) is 3.04. The third-order valence-electron chi connectivity index (χ3n) is 4.53. The van der Waals surface area contributed by atoms with Crippen LogP contribution in [0.25, 0.3) is 11.0 Å². The van der Waals surface area contributed by atoms with E-state index in [0.717, 1.165) is 35.4 Å². The molecular formula is C18H21N5O. The van der Waals surface area contributed by atoms with Crippen LogP contribution in [0.3, 0.4) is 0 Å². The van der Waals surface area contributed by atoms with Crippen LogP contribution < -0.4 is 0 Å². The first-order valence-corrected chi connectivity index (χ1v) is 8.45. The van der Waals surface area contributed by atoms with E-state index in [1.165, 1.54) is 12.8 Å². The lowest BCUT2D eigenvalue weighted by Gasteiger charge is -2.15. The van der Waals surface area contributed by atoms with Crippen molar-refractivity contribution in [3.05, 3.63) is 47.5 Å². The lowest BCUT2D eigenvalue weighted by atomic mass is 10.2. The molecule has 24 heavy (non-hydrogen) atoms. The Labute approximate surface area is 140 Å². The van der Waals surface area contributed by atoms with E-state index in [2.05, 4.69) is 20.2 Å². The van der Waals surface area contributed by atoms with Gasteiger partial charge in [0.1, 0.15) is 11.5 Å². The van der Waals surface area contributed by atoms with Gasteiger partial charge in [-0.3, -0.25) is 9.89 Å². The molecule has 124 valence electrons. The summed E-state index contributed by atoms with van der Waals surface area (Å²) in [5.41, 5.74) is 3.65. The van der Waals surface area contributed by atoms with Crippen molar-refractivity contribution in [1.29, 1.82) is 0 Å². The molecule has 0 bridgehead atoms. The zero-order valence-electron chi connectivity index (χ0n) is 13.7. The number of imidazole rings is 1. The molecule has 3 aromatic rings. The fourth-order valence-corrected chi connectivity index (χ4v) is 2.95. The van der Waals surface area contributed by atoms with E-state index >= 15 is 0 Å². The number of aromatic amines is 2. The Balaban J connectivity index is 1.31. The second-order valence-corrected chi connectivity index (χ2v) is 6.51. The number of carbonyl (C=O) groups excluding carboxylic acids is 1. The van der Waals surface area contributed by atoms with Gasteiger partial charge in [-0.1, -0.05) is 12.1 Å². The second kappa shape index (κ2) is 6.11. The standard InChI is InChI=1S/C18H21N5O/c1-23(18(24)16-11-15(21-22-16)12-8-9-12)10-4-7-17-19-13-5-2-3-6-14(13)20-17/h2-3,5-6,11-12H,4,7-10H2,1H3,(H,19,20)(H,21,22). The molecule has 0 saturated heterocycles. The molecule has 1 aromatic carbocycles. The van der Waals surface area contributed by atoms with Crippen molar-refractivity contribution in [2.24, 2.45) is 0 Å². The summed E-state index contributed by atoms with van der Waals surface area (Å²) < 4.78 is 0. The van der Waals surface area contributed by atoms with E-state index in [4.69, 9.17) is 0 Å². The summed E-state index contributed by atoms with van der Waals surface area (Å²) in [7, 11) is 1.83. The summed E-state index contributed by atoms with van der Waals surface area (Å²) in [6.45, 7) is 0.682. The van der Waals surface area contributed by atoms with Crippen LogP contribution in [0.5, 0.6) is 0 Å². The predicted octanol–water partition coefficient (Wildman–Crippen LogP) is 2.87. The molecule has 1 saturated carbocycles. The number of aryl methyl sites for hydroxylation is 1. The van der Waals surface area contributed by atoms with Gasteiger partial charge in [-0.25, -0.2) is 4.98 Å². The summed E-state index contributed by atoms with van der Waals surface area (Å²) in [6, 6.07) is 9.90. The van der Waals surface area contributed by atoms with E-state index in [9.17, 15) is 4.79 Å². The number of nitrogens with zero attached hydrogens (tertiary/aromatic N) is 3. The van der Waals surface area contributed by atoms with E-state index in [0.29, 0.717) is 18.2 Å². The highest BCUT2D eigenvalue weighted by atomic mass is 16.2. The maximum Gasteiger partial charge on any atom is 0.274 e. The van der Waals surface area contributed by atoms with E-state index in [1.807, 2.05) is 37.4 Å². The van der Waals surface area contributed by atoms with Gasteiger partial charge in [-0.15, -0.1) is 0 Å². The summed E-state index contributed by atoms with van der Waals surface area (Å²) in [6.07, 6.45) is 4.08. The molecule has 0 spiro atoms. The first kappa shape index (κ1) is 14.9. The Morgan fingerprint density at radius 1 is 1.33 bits per heavy atom. The summed E-state index contributed by atoms with van der Waals surface area (Å²) in [4.78, 5) is 22.0. The average Bonchev–Trinajstić information content (AvgIpc) is 3.18. The van der Waals surface area contributed by atoms with Crippen molar-refractivity contribution in [2.75, 3.05) is 13.6 Å². The Hall–Kier alpha value is -2.63. The first-order valence-electron chi connectivity index (χ1n) is 8.45. The average molecular weight is 323 g/mol. The number of carbonyl (C=O) groups is 1. The smallest absolute Gasteiger partial charge is 0.274 e. The number of hydrogen-bond acceptors (Lipinski definition) is 3. The van der Waals surface area contributed by atoms with Crippen LogP contribution in [0, 0.1) is 0 Å². The Kier molecular flexibility index (Phi) is 3.80. The zero-order chi connectivity index (χ0) is 16.5. The quantitative estimate of drug-likeness (QED) is 0.732. The minimum Gasteiger partial charge on any atom is -0.342 e. The van der Waals surface area contributed by atoms with Gasteiger partial charge in [-0.2, -0.15) is 5.10 Å². The molecule has 0 unspecified atom stereocenters. The van der Waals surface area contributed by atoms with Crippen molar-refractivity contribution in [1.82, 2.24) is 25.1 Å². The first-order chi connectivity index (χ1) is 11.7. The summed E-state index contributed by atoms with van der Waals surface area (Å²) in [5.74, 6) is 1.52. The number of aromatic nitrogens is 4. The predicted molar refractivity (Wildman–Crippen MR) is 91.9 cm³/mol. The van der Waals surface area contributed by atoms with Gasteiger partial charge in [0.2, 0.25) is 0 Å². The molecule has 2 heterocycles. The minimum atomic E-state index is -0.0252. The van der Waals surface area contributed by atoms with Crippen LogP contribution in [-0.2, 0) is 6.42 Å². The minimum absolute atomic E-state index is 0.0252. The molecule has 1 amide bonds. The Bertz CT molecular complexity index is 828. The maximum atomic E-state index is 12.4. The molecule has 0 radical (unpaired) electrons. The maximum absolute atomic E-state index is 12.4. The van der Waals surface area contributed by atoms with E-state index in [1.54, 1.807) is 4.90 Å². The normalized spacial score (nSPS) is 14.2. The third-order valence-corrected chi connectivity index (χ3v) is 4.53. The lowest BCUT2D eigenvalue weighted by molar-refractivity contribution is 0.0787. The van der Waals surface area contributed by atoms with Gasteiger partial charge < -0.3 is 9.88 Å². The number of hydrogen-bond donors (Lipinski definition) is 2. The van der Waals surface area contributed by atoms with Crippen molar-refractivity contribution in [3.8, 4) is 0 Å². The van der Waals surface area contributed by atoms with Crippen molar-refractivity contribution in [3.63, 3.8) is 0 Å². The summed E-state index contributed by atoms with van der Waals surface area (Å²) in [5, 5.41) is 7.15. The molecule has 0 aliphatic heterocycles. The second-order valence-electron chi connectivity index (χ2n) is 6.51. The molecule has 4 rings (SSSR count). The Morgan fingerprint density at radius 2 is 2.17 bits per heavy atom. The van der Waals surface area contributed by atoms with Gasteiger partial charge in [-0.05, 0) is 37.5 Å². The molecule has 1 aliphatic rings. The van der Waals surface area contributed by atoms with Crippen LogP contribution in [0.1, 0.15) is 47.2 Å². The number of fused-ring (bicyclic) bond motifs is 1. The zero-order valence-corrected chi connectivity index (χ0v) is 13.7. The number of rotatable bonds is 6. The molecular weight excluding hydrogens is 302 g/mol. The van der Waals surface area contributed by atoms with Crippen molar-refractivity contribution < 1.29 is 4.79 Å². The van der Waals surface area contributed by atoms with Crippen LogP contribution in [0.2, 0.25) is 0 Å². The van der Waals surface area contributed by atoms with Gasteiger partial charge in [0, 0.05) is 31.6 Å². The monoisotopic (exact) mass is 323 g/mol. The van der Waals surface area contributed by atoms with Crippen LogP contribution >= 0.6 is 0 Å². The van der Waals surface area contributed by atoms with Crippen LogP contribution in [-0.4, -0.2) is 44.6 Å². The Morgan fingerprint density at radius 3 is 2.96 bits per heavy atom. The van der Waals surface area contributed by atoms with Gasteiger partial charge in [0.25, 0.3) is 5.91 Å². The SMILES string of the molecule is CN(CCCc1nc2ccccc2[nH]1)C(=O)c1cc(C2CC2)[nH]n1. The highest BCUT2D eigenvalue weighted by Gasteiger charge is 2.27. The highest BCUT2D eigenvalue weighted by molar-refractivity contribution is 5.92. The molecule has 0 atom stereocenters. The largest absolute Gasteiger partial charge is 0.342 e. The number of benzene rings is 1. The molecule has 2 aromatic heterocycles. The summed E-state index contributed by atoms with van der Waals surface area (Å²) >= 11 is 0. The molecule has 6 nitrogen and oxygen atoms in total. The fraction of sp³-hybridized carbons (Fsp3) is 0.389. The van der Waals surface area contributed by atoms with E-state index in [-0.39, 0.29) is 5.91 Å². The number of H-pyrrole nitrogens is 2. The number of para-hydroxylation sites is 2. The molecule has 1 aliphatic carbocycles. The number of amides is 1. The highest BCUT2D eigenvalue weighted by Crippen LogP contribution is 2.39. The van der Waals surface area contributed by atoms with E-state index < -0.39 is 0 Å².